The maximum atomic E-state index is 11.9. The summed E-state index contributed by atoms with van der Waals surface area (Å²) in [5, 5.41) is 3.10. The number of hydrogen-bond acceptors (Lipinski definition) is 4. The van der Waals surface area contributed by atoms with Crippen LogP contribution in [0.2, 0.25) is 5.02 Å². The van der Waals surface area contributed by atoms with Crippen LogP contribution in [0.5, 0.6) is 0 Å². The summed E-state index contributed by atoms with van der Waals surface area (Å²) >= 11 is 5.70. The molecule has 2 aromatic heterocycles. The van der Waals surface area contributed by atoms with Crippen LogP contribution in [0.3, 0.4) is 0 Å². The zero-order valence-electron chi connectivity index (χ0n) is 9.72. The molecule has 0 spiro atoms. The SMILES string of the molecule is CCn1cnc(C(=O)Nc2ccc(Cl)cn2)c1N. The second-order valence-electron chi connectivity index (χ2n) is 3.58. The number of amides is 1. The van der Waals surface area contributed by atoms with Gasteiger partial charge in [-0.3, -0.25) is 4.79 Å². The Morgan fingerprint density at radius 3 is 2.83 bits per heavy atom. The first kappa shape index (κ1) is 12.4. The fraction of sp³-hybridized carbons (Fsp3) is 0.182. The molecule has 2 heterocycles. The van der Waals surface area contributed by atoms with Gasteiger partial charge in [0, 0.05) is 12.7 Å². The second kappa shape index (κ2) is 5.05. The fourth-order valence-electron chi connectivity index (χ4n) is 1.44. The van der Waals surface area contributed by atoms with Gasteiger partial charge in [0.1, 0.15) is 11.6 Å². The smallest absolute Gasteiger partial charge is 0.279 e. The molecule has 7 heteroatoms. The summed E-state index contributed by atoms with van der Waals surface area (Å²) in [6, 6.07) is 3.24. The van der Waals surface area contributed by atoms with Crippen molar-refractivity contribution in [2.24, 2.45) is 0 Å². The van der Waals surface area contributed by atoms with Gasteiger partial charge in [0.05, 0.1) is 11.3 Å². The molecule has 0 radical (unpaired) electrons. The third kappa shape index (κ3) is 2.43. The van der Waals surface area contributed by atoms with Gasteiger partial charge in [0.2, 0.25) is 0 Å². The van der Waals surface area contributed by atoms with Crippen molar-refractivity contribution in [1.82, 2.24) is 14.5 Å². The van der Waals surface area contributed by atoms with Crippen molar-refractivity contribution in [1.29, 1.82) is 0 Å². The third-order valence-corrected chi connectivity index (χ3v) is 2.63. The number of imidazole rings is 1. The Morgan fingerprint density at radius 2 is 2.28 bits per heavy atom. The first-order valence-electron chi connectivity index (χ1n) is 5.35. The van der Waals surface area contributed by atoms with Crippen molar-refractivity contribution in [2.75, 3.05) is 11.1 Å². The van der Waals surface area contributed by atoms with E-state index in [2.05, 4.69) is 15.3 Å². The topological polar surface area (TPSA) is 85.8 Å². The first-order chi connectivity index (χ1) is 8.61. The number of rotatable bonds is 3. The van der Waals surface area contributed by atoms with E-state index in [9.17, 15) is 4.79 Å². The van der Waals surface area contributed by atoms with Gasteiger partial charge in [-0.25, -0.2) is 9.97 Å². The molecule has 0 saturated heterocycles. The molecule has 3 N–H and O–H groups in total. The van der Waals surface area contributed by atoms with Gasteiger partial charge < -0.3 is 15.6 Å². The lowest BCUT2D eigenvalue weighted by atomic mass is 10.4. The first-order valence-corrected chi connectivity index (χ1v) is 5.73. The molecular formula is C11H12ClN5O. The molecule has 18 heavy (non-hydrogen) atoms. The predicted octanol–water partition coefficient (Wildman–Crippen LogP) is 1.79. The van der Waals surface area contributed by atoms with Gasteiger partial charge in [-0.15, -0.1) is 0 Å². The zero-order valence-corrected chi connectivity index (χ0v) is 10.5. The molecule has 0 aliphatic heterocycles. The molecule has 2 rings (SSSR count). The maximum absolute atomic E-state index is 11.9. The zero-order chi connectivity index (χ0) is 13.1. The lowest BCUT2D eigenvalue weighted by Crippen LogP contribution is -2.15. The second-order valence-corrected chi connectivity index (χ2v) is 4.02. The van der Waals surface area contributed by atoms with Crippen molar-refractivity contribution in [2.45, 2.75) is 13.5 Å². The van der Waals surface area contributed by atoms with Crippen LogP contribution in [0.4, 0.5) is 11.6 Å². The van der Waals surface area contributed by atoms with Crippen LogP contribution in [0, 0.1) is 0 Å². The molecule has 0 aromatic carbocycles. The molecule has 94 valence electrons. The standard InChI is InChI=1S/C11H12ClN5O/c1-2-17-6-15-9(10(17)13)11(18)16-8-4-3-7(12)5-14-8/h3-6H,2,13H2,1H3,(H,14,16,18). The number of aryl methyl sites for hydroxylation is 1. The van der Waals surface area contributed by atoms with E-state index in [1.165, 1.54) is 12.5 Å². The Balaban J connectivity index is 2.16. The summed E-state index contributed by atoms with van der Waals surface area (Å²) in [5.41, 5.74) is 5.98. The number of hydrogen-bond donors (Lipinski definition) is 2. The minimum Gasteiger partial charge on any atom is -0.383 e. The van der Waals surface area contributed by atoms with Gasteiger partial charge in [0.15, 0.2) is 5.69 Å². The third-order valence-electron chi connectivity index (χ3n) is 2.40. The number of nitrogen functional groups attached to an aromatic ring is 1. The summed E-state index contributed by atoms with van der Waals surface area (Å²) in [4.78, 5) is 19.8. The number of carbonyl (C=O) groups is 1. The summed E-state index contributed by atoms with van der Waals surface area (Å²) in [6.07, 6.45) is 2.98. The Bertz CT molecular complexity index is 563. The lowest BCUT2D eigenvalue weighted by Gasteiger charge is -2.04. The Labute approximate surface area is 109 Å². The summed E-state index contributed by atoms with van der Waals surface area (Å²) in [6.45, 7) is 2.58. The molecule has 6 nitrogen and oxygen atoms in total. The highest BCUT2D eigenvalue weighted by Crippen LogP contribution is 2.13. The monoisotopic (exact) mass is 265 g/mol. The molecule has 0 unspecified atom stereocenters. The normalized spacial score (nSPS) is 10.3. The lowest BCUT2D eigenvalue weighted by molar-refractivity contribution is 0.102. The van der Waals surface area contributed by atoms with Gasteiger partial charge in [-0.05, 0) is 19.1 Å². The van der Waals surface area contributed by atoms with Crippen LogP contribution in [-0.2, 0) is 6.54 Å². The van der Waals surface area contributed by atoms with Crippen molar-refractivity contribution < 1.29 is 4.79 Å². The van der Waals surface area contributed by atoms with Gasteiger partial charge in [0.25, 0.3) is 5.91 Å². The maximum Gasteiger partial charge on any atom is 0.279 e. The predicted molar refractivity (Wildman–Crippen MR) is 69.5 cm³/mol. The van der Waals surface area contributed by atoms with Crippen molar-refractivity contribution >= 4 is 29.1 Å². The highest BCUT2D eigenvalue weighted by molar-refractivity contribution is 6.30. The molecule has 0 fully saturated rings. The van der Waals surface area contributed by atoms with E-state index in [0.717, 1.165) is 0 Å². The van der Waals surface area contributed by atoms with E-state index in [1.54, 1.807) is 16.7 Å². The van der Waals surface area contributed by atoms with E-state index in [0.29, 0.717) is 23.2 Å². The molecular weight excluding hydrogens is 254 g/mol. The number of nitrogens with two attached hydrogens (primary N) is 1. The van der Waals surface area contributed by atoms with Crippen molar-refractivity contribution in [3.05, 3.63) is 35.4 Å². The highest BCUT2D eigenvalue weighted by atomic mass is 35.5. The summed E-state index contributed by atoms with van der Waals surface area (Å²) in [5.74, 6) is 0.341. The molecule has 0 atom stereocenters. The summed E-state index contributed by atoms with van der Waals surface area (Å²) in [7, 11) is 0. The van der Waals surface area contributed by atoms with E-state index in [-0.39, 0.29) is 5.69 Å². The number of aromatic nitrogens is 3. The molecule has 0 aliphatic carbocycles. The van der Waals surface area contributed by atoms with Gasteiger partial charge >= 0.3 is 0 Å². The largest absolute Gasteiger partial charge is 0.383 e. The Morgan fingerprint density at radius 1 is 1.50 bits per heavy atom. The number of nitrogens with one attached hydrogen (secondary N) is 1. The van der Waals surface area contributed by atoms with E-state index in [4.69, 9.17) is 17.3 Å². The van der Waals surface area contributed by atoms with Gasteiger partial charge in [-0.1, -0.05) is 11.6 Å². The van der Waals surface area contributed by atoms with Gasteiger partial charge in [-0.2, -0.15) is 0 Å². The number of anilines is 2. The van der Waals surface area contributed by atoms with Crippen molar-refractivity contribution in [3.8, 4) is 0 Å². The van der Waals surface area contributed by atoms with Crippen LogP contribution in [0.1, 0.15) is 17.4 Å². The van der Waals surface area contributed by atoms with Crippen molar-refractivity contribution in [3.63, 3.8) is 0 Å². The van der Waals surface area contributed by atoms with E-state index >= 15 is 0 Å². The fourth-order valence-corrected chi connectivity index (χ4v) is 1.56. The number of pyridine rings is 1. The minimum absolute atomic E-state index is 0.189. The van der Waals surface area contributed by atoms with Crippen LogP contribution >= 0.6 is 11.6 Å². The highest BCUT2D eigenvalue weighted by Gasteiger charge is 2.15. The quantitative estimate of drug-likeness (QED) is 0.886. The Hall–Kier alpha value is -2.08. The van der Waals surface area contributed by atoms with Crippen LogP contribution in [0.25, 0.3) is 0 Å². The molecule has 1 amide bonds. The minimum atomic E-state index is -0.394. The molecule has 0 bridgehead atoms. The average molecular weight is 266 g/mol. The average Bonchev–Trinajstić information content (AvgIpc) is 2.73. The number of carbonyl (C=O) groups excluding carboxylic acids is 1. The molecule has 0 aliphatic rings. The number of nitrogens with zero attached hydrogens (tertiary/aromatic N) is 3. The van der Waals surface area contributed by atoms with Crippen LogP contribution in [-0.4, -0.2) is 20.4 Å². The van der Waals surface area contributed by atoms with Crippen LogP contribution < -0.4 is 11.1 Å². The van der Waals surface area contributed by atoms with E-state index in [1.807, 2.05) is 6.92 Å². The summed E-state index contributed by atoms with van der Waals surface area (Å²) < 4.78 is 1.68. The number of halogens is 1. The molecule has 0 saturated carbocycles. The van der Waals surface area contributed by atoms with Crippen LogP contribution in [0.15, 0.2) is 24.7 Å². The molecule has 2 aromatic rings. The Kier molecular flexibility index (Phi) is 3.47. The van der Waals surface area contributed by atoms with E-state index < -0.39 is 5.91 Å².